The summed E-state index contributed by atoms with van der Waals surface area (Å²) in [5, 5.41) is 2.45. The van der Waals surface area contributed by atoms with Crippen molar-refractivity contribution in [2.75, 3.05) is 23.3 Å². The minimum Gasteiger partial charge on any atom is -0.487 e. The summed E-state index contributed by atoms with van der Waals surface area (Å²) < 4.78 is 65.2. The second kappa shape index (κ2) is 7.61. The molecule has 1 aliphatic heterocycles. The van der Waals surface area contributed by atoms with Gasteiger partial charge in [0.15, 0.2) is 17.3 Å². The highest BCUT2D eigenvalue weighted by atomic mass is 19.4. The Labute approximate surface area is 193 Å². The zero-order valence-corrected chi connectivity index (χ0v) is 18.5. The average molecular weight is 479 g/mol. The first kappa shape index (κ1) is 21.7. The Morgan fingerprint density at radius 3 is 2.62 bits per heavy atom. The maximum atomic E-state index is 14.6. The summed E-state index contributed by atoms with van der Waals surface area (Å²) in [7, 11) is 0. The Hall–Kier alpha value is -2.78. The first-order chi connectivity index (χ1) is 16.2. The lowest BCUT2D eigenvalue weighted by Gasteiger charge is -2.16. The molecule has 4 fully saturated rings. The fraction of sp³-hybridized carbons (Fsp3) is 0.583. The molecule has 1 N–H and O–H groups in total. The van der Waals surface area contributed by atoms with E-state index in [1.165, 1.54) is 18.6 Å². The number of hydrogen-bond acceptors (Lipinski definition) is 5. The quantitative estimate of drug-likeness (QED) is 0.567. The first-order valence-electron chi connectivity index (χ1n) is 11.8. The molecule has 0 bridgehead atoms. The molecule has 1 spiro atoms. The molecule has 4 aliphatic rings. The highest BCUT2D eigenvalue weighted by Gasteiger charge is 2.49. The molecule has 1 unspecified atom stereocenters. The Morgan fingerprint density at radius 1 is 1.21 bits per heavy atom. The molecule has 3 atom stereocenters. The highest BCUT2D eigenvalue weighted by molar-refractivity contribution is 6.03. The predicted octanol–water partition coefficient (Wildman–Crippen LogP) is 5.34. The van der Waals surface area contributed by atoms with E-state index >= 15 is 0 Å². The molecular weight excluding hydrogens is 454 g/mol. The third-order valence-corrected chi connectivity index (χ3v) is 7.61. The van der Waals surface area contributed by atoms with Crippen LogP contribution in [0.4, 0.5) is 29.3 Å². The van der Waals surface area contributed by atoms with Gasteiger partial charge in [0.1, 0.15) is 12.2 Å². The van der Waals surface area contributed by atoms with E-state index in [4.69, 9.17) is 9.15 Å². The number of halogens is 4. The molecule has 1 amide bonds. The zero-order chi connectivity index (χ0) is 23.7. The summed E-state index contributed by atoms with van der Waals surface area (Å²) in [5.74, 6) is -0.564. The molecule has 1 aromatic carbocycles. The number of aromatic nitrogens is 1. The van der Waals surface area contributed by atoms with Gasteiger partial charge in [-0.15, -0.1) is 0 Å². The maximum Gasteiger partial charge on any atom is 0.396 e. The van der Waals surface area contributed by atoms with Crippen LogP contribution in [0.5, 0.6) is 5.75 Å². The van der Waals surface area contributed by atoms with Gasteiger partial charge in [0.2, 0.25) is 0 Å². The summed E-state index contributed by atoms with van der Waals surface area (Å²) >= 11 is 0. The zero-order valence-electron chi connectivity index (χ0n) is 18.5. The maximum absolute atomic E-state index is 14.6. The lowest BCUT2D eigenvalue weighted by molar-refractivity contribution is -0.130. The minimum absolute atomic E-state index is 0.00228. The van der Waals surface area contributed by atoms with Gasteiger partial charge < -0.3 is 19.4 Å². The van der Waals surface area contributed by atoms with E-state index in [0.29, 0.717) is 24.9 Å². The number of fused-ring (bicyclic) bond motifs is 1. The van der Waals surface area contributed by atoms with Gasteiger partial charge in [-0.05, 0) is 67.9 Å². The van der Waals surface area contributed by atoms with Crippen molar-refractivity contribution in [2.45, 2.75) is 57.2 Å². The number of oxazole rings is 1. The number of carbonyl (C=O) groups excluding carboxylic acids is 1. The van der Waals surface area contributed by atoms with Gasteiger partial charge >= 0.3 is 6.18 Å². The molecule has 10 heteroatoms. The topological polar surface area (TPSA) is 67.6 Å². The standard InChI is InChI=1S/C24H25F4N3O3/c25-17-10-15(1-2-18(17)33-16-8-13-7-14(13)9-16)29-21(32)20-19(11-24(26,27)28)34-22(30-20)31-6-5-23(12-31)3-4-23/h1-2,10,13-14,16H,3-9,11-12H2,(H,29,32)/t13-,14?,16+/m1/s1. The molecule has 3 saturated carbocycles. The van der Waals surface area contributed by atoms with E-state index in [1.807, 2.05) is 0 Å². The third kappa shape index (κ3) is 4.34. The SMILES string of the molecule is O=C(Nc1ccc(O[C@@H]2CC3C[C@@H]3C2)c(F)c1)c1nc(N2CCC3(CC3)C2)oc1CC(F)(F)F. The van der Waals surface area contributed by atoms with Gasteiger partial charge in [-0.3, -0.25) is 4.79 Å². The molecule has 34 heavy (non-hydrogen) atoms. The number of amides is 1. The monoisotopic (exact) mass is 479 g/mol. The Morgan fingerprint density at radius 2 is 1.97 bits per heavy atom. The van der Waals surface area contributed by atoms with Crippen LogP contribution < -0.4 is 15.0 Å². The van der Waals surface area contributed by atoms with Crippen molar-refractivity contribution in [3.63, 3.8) is 0 Å². The molecule has 0 radical (unpaired) electrons. The third-order valence-electron chi connectivity index (χ3n) is 7.61. The summed E-state index contributed by atoms with van der Waals surface area (Å²) in [6.07, 6.45) is 0.201. The molecule has 1 saturated heterocycles. The van der Waals surface area contributed by atoms with Gasteiger partial charge in [0, 0.05) is 24.8 Å². The molecule has 6 nitrogen and oxygen atoms in total. The molecule has 182 valence electrons. The summed E-state index contributed by atoms with van der Waals surface area (Å²) in [5.41, 5.74) is -0.124. The van der Waals surface area contributed by atoms with Gasteiger partial charge in [0.25, 0.3) is 11.9 Å². The van der Waals surface area contributed by atoms with E-state index in [9.17, 15) is 22.4 Å². The van der Waals surface area contributed by atoms with Crippen LogP contribution in [-0.4, -0.2) is 36.3 Å². The number of benzene rings is 1. The van der Waals surface area contributed by atoms with Crippen LogP contribution in [0.1, 0.15) is 54.8 Å². The second-order valence-corrected chi connectivity index (χ2v) is 10.3. The largest absolute Gasteiger partial charge is 0.487 e. The van der Waals surface area contributed by atoms with Crippen LogP contribution in [0.15, 0.2) is 22.6 Å². The highest BCUT2D eigenvalue weighted by Crippen LogP contribution is 2.54. The number of anilines is 2. The van der Waals surface area contributed by atoms with Crippen molar-refractivity contribution in [1.29, 1.82) is 0 Å². The van der Waals surface area contributed by atoms with Gasteiger partial charge in [-0.25, -0.2) is 4.39 Å². The van der Waals surface area contributed by atoms with Crippen LogP contribution in [0.25, 0.3) is 0 Å². The van der Waals surface area contributed by atoms with Gasteiger partial charge in [-0.2, -0.15) is 18.2 Å². The number of hydrogen-bond donors (Lipinski definition) is 1. The van der Waals surface area contributed by atoms with Crippen LogP contribution >= 0.6 is 0 Å². The molecular formula is C24H25F4N3O3. The lowest BCUT2D eigenvalue weighted by Crippen LogP contribution is -2.21. The Kier molecular flexibility index (Phi) is 4.87. The second-order valence-electron chi connectivity index (χ2n) is 10.3. The molecule has 1 aromatic heterocycles. The minimum atomic E-state index is -4.57. The number of rotatable bonds is 6. The molecule has 2 heterocycles. The van der Waals surface area contributed by atoms with Crippen molar-refractivity contribution in [1.82, 2.24) is 4.98 Å². The van der Waals surface area contributed by atoms with Crippen LogP contribution in [0.2, 0.25) is 0 Å². The van der Waals surface area contributed by atoms with Crippen molar-refractivity contribution in [2.24, 2.45) is 17.3 Å². The van der Waals surface area contributed by atoms with Crippen molar-refractivity contribution < 1.29 is 31.5 Å². The molecule has 6 rings (SSSR count). The van der Waals surface area contributed by atoms with E-state index in [-0.39, 0.29) is 29.0 Å². The van der Waals surface area contributed by atoms with Gasteiger partial charge in [0.05, 0.1) is 6.10 Å². The Balaban J connectivity index is 1.17. The lowest BCUT2D eigenvalue weighted by atomic mass is 10.1. The van der Waals surface area contributed by atoms with Crippen molar-refractivity contribution in [3.8, 4) is 5.75 Å². The van der Waals surface area contributed by atoms with Crippen molar-refractivity contribution >= 4 is 17.6 Å². The summed E-state index contributed by atoms with van der Waals surface area (Å²) in [6, 6.07) is 4.02. The van der Waals surface area contributed by atoms with E-state index < -0.39 is 35.8 Å². The van der Waals surface area contributed by atoms with E-state index in [2.05, 4.69) is 10.3 Å². The smallest absolute Gasteiger partial charge is 0.396 e. The summed E-state index contributed by atoms with van der Waals surface area (Å²) in [6.45, 7) is 1.29. The van der Waals surface area contributed by atoms with E-state index in [1.54, 1.807) is 4.90 Å². The fourth-order valence-electron chi connectivity index (χ4n) is 5.44. The van der Waals surface area contributed by atoms with Gasteiger partial charge in [-0.1, -0.05) is 0 Å². The number of ether oxygens (including phenoxy) is 1. The van der Waals surface area contributed by atoms with Crippen molar-refractivity contribution in [3.05, 3.63) is 35.5 Å². The first-order valence-corrected chi connectivity index (χ1v) is 11.8. The van der Waals surface area contributed by atoms with Crippen LogP contribution in [-0.2, 0) is 6.42 Å². The number of alkyl halides is 3. The molecule has 2 aromatic rings. The van der Waals surface area contributed by atoms with E-state index in [0.717, 1.165) is 38.2 Å². The molecule has 3 aliphatic carbocycles. The van der Waals surface area contributed by atoms with Crippen LogP contribution in [0.3, 0.4) is 0 Å². The van der Waals surface area contributed by atoms with Crippen LogP contribution in [0, 0.1) is 23.1 Å². The normalized spacial score (nSPS) is 26.6. The Bertz CT molecular complexity index is 1120. The summed E-state index contributed by atoms with van der Waals surface area (Å²) in [4.78, 5) is 18.7. The predicted molar refractivity (Wildman–Crippen MR) is 114 cm³/mol. The fourth-order valence-corrected chi connectivity index (χ4v) is 5.44. The number of nitrogens with one attached hydrogen (secondary N) is 1. The number of nitrogens with zero attached hydrogens (tertiary/aromatic N) is 2. The average Bonchev–Trinajstić information content (AvgIpc) is 3.49. The number of carbonyl (C=O) groups is 1.